The summed E-state index contributed by atoms with van der Waals surface area (Å²) in [5.41, 5.74) is 9.49. The molecular weight excluding hydrogens is 260 g/mol. The maximum absolute atomic E-state index is 9.49. The molecule has 116 valence electrons. The molecule has 0 aromatic rings. The molecule has 6 N–H and O–H groups in total. The smallest absolute Gasteiger partial charge is 0.109 e. The van der Waals surface area contributed by atoms with Crippen LogP contribution < -0.4 is 16.3 Å². The van der Waals surface area contributed by atoms with Crippen molar-refractivity contribution in [1.82, 2.24) is 16.3 Å². The van der Waals surface area contributed by atoms with Gasteiger partial charge in [-0.2, -0.15) is 5.10 Å². The van der Waals surface area contributed by atoms with Crippen molar-refractivity contribution in [2.24, 2.45) is 16.9 Å². The molecule has 5 unspecified atom stereocenters. The molecule has 2 fully saturated rings. The maximum atomic E-state index is 9.49. The summed E-state index contributed by atoms with van der Waals surface area (Å²) in [5.74, 6) is 1.27. The number of hydrazine groups is 1. The first kappa shape index (κ1) is 15.7. The van der Waals surface area contributed by atoms with E-state index < -0.39 is 18.8 Å². The molecule has 0 bridgehead atoms. The zero-order valence-corrected chi connectivity index (χ0v) is 11.7. The highest BCUT2D eigenvalue weighted by Gasteiger charge is 2.34. The standard InChI is InChI=1S/C13H26N4O3/c18-8-12(20)11(19)5-6-14-16-13-10-4-2-1-3-9(10)7-15-17-13/h6,9-13,15-20H,1-5,7-8H2/b14-6+. The number of aliphatic hydroxyl groups excluding tert-OH is 3. The average Bonchev–Trinajstić information content (AvgIpc) is 2.50. The molecule has 0 radical (unpaired) electrons. The Morgan fingerprint density at radius 1 is 1.25 bits per heavy atom. The maximum Gasteiger partial charge on any atom is 0.109 e. The van der Waals surface area contributed by atoms with Crippen LogP contribution in [-0.4, -0.2) is 53.1 Å². The van der Waals surface area contributed by atoms with Gasteiger partial charge in [-0.25, -0.2) is 5.43 Å². The second-order valence-electron chi connectivity index (χ2n) is 5.71. The van der Waals surface area contributed by atoms with E-state index in [2.05, 4.69) is 21.4 Å². The number of hydrazone groups is 1. The highest BCUT2D eigenvalue weighted by atomic mass is 16.4. The summed E-state index contributed by atoms with van der Waals surface area (Å²) < 4.78 is 0. The highest BCUT2D eigenvalue weighted by Crippen LogP contribution is 2.32. The van der Waals surface area contributed by atoms with Crippen LogP contribution in [-0.2, 0) is 0 Å². The molecule has 20 heavy (non-hydrogen) atoms. The first-order valence-electron chi connectivity index (χ1n) is 7.44. The minimum absolute atomic E-state index is 0.102. The first-order valence-corrected chi connectivity index (χ1v) is 7.44. The Balaban J connectivity index is 1.75. The lowest BCUT2D eigenvalue weighted by Crippen LogP contribution is -2.60. The second kappa shape index (κ2) is 7.90. The lowest BCUT2D eigenvalue weighted by molar-refractivity contribution is -0.00952. The van der Waals surface area contributed by atoms with Crippen molar-refractivity contribution in [2.75, 3.05) is 13.2 Å². The predicted molar refractivity (Wildman–Crippen MR) is 75.7 cm³/mol. The molecule has 1 saturated carbocycles. The molecule has 7 nitrogen and oxygen atoms in total. The van der Waals surface area contributed by atoms with Crippen LogP contribution in [0.15, 0.2) is 5.10 Å². The number of rotatable bonds is 6. The molecule has 1 heterocycles. The summed E-state index contributed by atoms with van der Waals surface area (Å²) >= 11 is 0. The Morgan fingerprint density at radius 3 is 2.85 bits per heavy atom. The minimum Gasteiger partial charge on any atom is -0.394 e. The molecule has 2 aliphatic rings. The van der Waals surface area contributed by atoms with Gasteiger partial charge in [0.1, 0.15) is 12.3 Å². The SMILES string of the molecule is OCC(O)C(O)C/C=N/NC1NNCC2CCCCC21. The van der Waals surface area contributed by atoms with E-state index in [1.54, 1.807) is 0 Å². The fourth-order valence-corrected chi connectivity index (χ4v) is 3.04. The predicted octanol–water partition coefficient (Wildman–Crippen LogP) is -1.09. The normalized spacial score (nSPS) is 33.6. The van der Waals surface area contributed by atoms with Gasteiger partial charge in [0.25, 0.3) is 0 Å². The molecule has 0 amide bonds. The Morgan fingerprint density at radius 2 is 2.05 bits per heavy atom. The van der Waals surface area contributed by atoms with E-state index in [0.29, 0.717) is 11.8 Å². The fraction of sp³-hybridized carbons (Fsp3) is 0.923. The Labute approximate surface area is 119 Å². The van der Waals surface area contributed by atoms with Gasteiger partial charge < -0.3 is 15.3 Å². The molecule has 0 aromatic carbocycles. The van der Waals surface area contributed by atoms with Crippen LogP contribution in [0.2, 0.25) is 0 Å². The van der Waals surface area contributed by atoms with Gasteiger partial charge in [-0.3, -0.25) is 10.9 Å². The largest absolute Gasteiger partial charge is 0.394 e. The van der Waals surface area contributed by atoms with Gasteiger partial charge in [0.05, 0.1) is 12.7 Å². The topological polar surface area (TPSA) is 109 Å². The summed E-state index contributed by atoms with van der Waals surface area (Å²) in [6.45, 7) is 0.564. The molecule has 0 spiro atoms. The summed E-state index contributed by atoms with van der Waals surface area (Å²) in [7, 11) is 0. The fourth-order valence-electron chi connectivity index (χ4n) is 3.04. The number of nitrogens with zero attached hydrogens (tertiary/aromatic N) is 1. The van der Waals surface area contributed by atoms with E-state index in [1.807, 2.05) is 0 Å². The molecule has 5 atom stereocenters. The number of hydrogen-bond donors (Lipinski definition) is 6. The third-order valence-electron chi connectivity index (χ3n) is 4.30. The van der Waals surface area contributed by atoms with Crippen LogP contribution in [0, 0.1) is 11.8 Å². The van der Waals surface area contributed by atoms with Crippen LogP contribution in [0.5, 0.6) is 0 Å². The third kappa shape index (κ3) is 4.13. The van der Waals surface area contributed by atoms with Crippen molar-refractivity contribution in [1.29, 1.82) is 0 Å². The Kier molecular flexibility index (Phi) is 6.18. The van der Waals surface area contributed by atoms with Crippen LogP contribution in [0.25, 0.3) is 0 Å². The van der Waals surface area contributed by atoms with E-state index in [4.69, 9.17) is 5.11 Å². The van der Waals surface area contributed by atoms with Gasteiger partial charge in [0.2, 0.25) is 0 Å². The lowest BCUT2D eigenvalue weighted by Gasteiger charge is -2.41. The van der Waals surface area contributed by atoms with Crippen molar-refractivity contribution in [3.63, 3.8) is 0 Å². The molecule has 1 saturated heterocycles. The van der Waals surface area contributed by atoms with Gasteiger partial charge in [-0.15, -0.1) is 0 Å². The Bertz CT molecular complexity index is 314. The third-order valence-corrected chi connectivity index (χ3v) is 4.30. The van der Waals surface area contributed by atoms with E-state index in [-0.39, 0.29) is 12.6 Å². The second-order valence-corrected chi connectivity index (χ2v) is 5.71. The average molecular weight is 286 g/mol. The monoisotopic (exact) mass is 286 g/mol. The van der Waals surface area contributed by atoms with Crippen molar-refractivity contribution >= 4 is 6.21 Å². The molecule has 0 aromatic heterocycles. The zero-order valence-electron chi connectivity index (χ0n) is 11.7. The van der Waals surface area contributed by atoms with Gasteiger partial charge in [0, 0.05) is 19.2 Å². The van der Waals surface area contributed by atoms with Crippen molar-refractivity contribution in [2.45, 2.75) is 50.5 Å². The number of aliphatic hydroxyl groups is 3. The summed E-state index contributed by atoms with van der Waals surface area (Å²) in [5, 5.41) is 31.5. The lowest BCUT2D eigenvalue weighted by atomic mass is 9.77. The number of nitrogens with one attached hydrogen (secondary N) is 3. The van der Waals surface area contributed by atoms with Crippen LogP contribution in [0.3, 0.4) is 0 Å². The first-order chi connectivity index (χ1) is 9.72. The van der Waals surface area contributed by atoms with E-state index in [9.17, 15) is 10.2 Å². The number of fused-ring (bicyclic) bond motifs is 1. The van der Waals surface area contributed by atoms with E-state index in [0.717, 1.165) is 6.54 Å². The van der Waals surface area contributed by atoms with E-state index >= 15 is 0 Å². The highest BCUT2D eigenvalue weighted by molar-refractivity contribution is 5.57. The molecule has 1 aliphatic heterocycles. The molecule has 1 aliphatic carbocycles. The zero-order chi connectivity index (χ0) is 14.4. The van der Waals surface area contributed by atoms with Crippen LogP contribution >= 0.6 is 0 Å². The summed E-state index contributed by atoms with van der Waals surface area (Å²) in [6.07, 6.45) is 4.81. The molecule has 7 heteroatoms. The molecular formula is C13H26N4O3. The van der Waals surface area contributed by atoms with E-state index in [1.165, 1.54) is 31.9 Å². The summed E-state index contributed by atoms with van der Waals surface area (Å²) in [4.78, 5) is 0. The van der Waals surface area contributed by atoms with Gasteiger partial charge in [-0.05, 0) is 24.7 Å². The number of hydrogen-bond acceptors (Lipinski definition) is 7. The van der Waals surface area contributed by atoms with Gasteiger partial charge in [-0.1, -0.05) is 12.8 Å². The van der Waals surface area contributed by atoms with Crippen LogP contribution in [0.4, 0.5) is 0 Å². The van der Waals surface area contributed by atoms with Crippen molar-refractivity contribution in [3.05, 3.63) is 0 Å². The minimum atomic E-state index is -1.11. The van der Waals surface area contributed by atoms with Crippen molar-refractivity contribution < 1.29 is 15.3 Å². The van der Waals surface area contributed by atoms with Crippen LogP contribution in [0.1, 0.15) is 32.1 Å². The quantitative estimate of drug-likeness (QED) is 0.273. The Hall–Kier alpha value is -0.730. The van der Waals surface area contributed by atoms with Gasteiger partial charge >= 0.3 is 0 Å². The summed E-state index contributed by atoms with van der Waals surface area (Å²) in [6, 6.07) is 0. The molecule has 2 rings (SSSR count). The van der Waals surface area contributed by atoms with Gasteiger partial charge in [0.15, 0.2) is 0 Å². The van der Waals surface area contributed by atoms with Crippen molar-refractivity contribution in [3.8, 4) is 0 Å².